The number of fused-ring (bicyclic) bond motifs is 1. The zero-order chi connectivity index (χ0) is 25.2. The predicted octanol–water partition coefficient (Wildman–Crippen LogP) is 5.66. The number of nitrogens with zero attached hydrogens (tertiary/aromatic N) is 1. The third-order valence-electron chi connectivity index (χ3n) is 8.10. The first-order valence-electron chi connectivity index (χ1n) is 13.3. The minimum Gasteiger partial charge on any atom is -0.446 e. The Morgan fingerprint density at radius 2 is 1.80 bits per heavy atom. The van der Waals surface area contributed by atoms with Crippen molar-refractivity contribution in [1.82, 2.24) is 10.2 Å². The van der Waals surface area contributed by atoms with Gasteiger partial charge in [0.05, 0.1) is 11.5 Å². The van der Waals surface area contributed by atoms with Crippen molar-refractivity contribution in [1.29, 1.82) is 0 Å². The molecule has 7 heteroatoms. The van der Waals surface area contributed by atoms with Crippen molar-refractivity contribution in [3.05, 3.63) is 34.9 Å². The fraction of sp³-hybridized carbons (Fsp3) is 0.714. The van der Waals surface area contributed by atoms with Crippen molar-refractivity contribution in [3.63, 3.8) is 0 Å². The SMILES string of the molecule is CC(C)(C)NC(=O)OC1CCN(C(=O)C(c2cccc(Cl)c2)C2(O)CCC3CCCCC3C2)CC1. The molecule has 0 radical (unpaired) electrons. The van der Waals surface area contributed by atoms with E-state index in [0.29, 0.717) is 55.6 Å². The lowest BCUT2D eigenvalue weighted by Crippen LogP contribution is -2.53. The molecule has 3 fully saturated rings. The van der Waals surface area contributed by atoms with Crippen LogP contribution in [0.1, 0.15) is 90.0 Å². The first kappa shape index (κ1) is 26.3. The second kappa shape index (κ2) is 10.7. The van der Waals surface area contributed by atoms with Crippen molar-refractivity contribution in [2.24, 2.45) is 11.8 Å². The van der Waals surface area contributed by atoms with E-state index >= 15 is 0 Å². The largest absolute Gasteiger partial charge is 0.446 e. The summed E-state index contributed by atoms with van der Waals surface area (Å²) in [5.41, 5.74) is -0.632. The number of rotatable bonds is 4. The lowest BCUT2D eigenvalue weighted by Gasteiger charge is -2.48. The molecule has 1 heterocycles. The molecule has 1 aromatic rings. The molecule has 35 heavy (non-hydrogen) atoms. The lowest BCUT2D eigenvalue weighted by molar-refractivity contribution is -0.146. The molecule has 1 aliphatic heterocycles. The van der Waals surface area contributed by atoms with Crippen LogP contribution in [-0.4, -0.2) is 52.3 Å². The minimum atomic E-state index is -1.07. The molecule has 194 valence electrons. The van der Waals surface area contributed by atoms with E-state index in [1.165, 1.54) is 19.3 Å². The van der Waals surface area contributed by atoms with Crippen LogP contribution < -0.4 is 5.32 Å². The highest BCUT2D eigenvalue weighted by Gasteiger charge is 2.49. The number of halogens is 1. The number of carbonyl (C=O) groups excluding carboxylic acids is 2. The predicted molar refractivity (Wildman–Crippen MR) is 137 cm³/mol. The molecule has 0 aromatic heterocycles. The van der Waals surface area contributed by atoms with Crippen LogP contribution in [0, 0.1) is 11.8 Å². The Morgan fingerprint density at radius 1 is 1.11 bits per heavy atom. The number of piperidine rings is 1. The van der Waals surface area contributed by atoms with Gasteiger partial charge in [0, 0.05) is 36.5 Å². The molecular weight excluding hydrogens is 464 g/mol. The number of likely N-dealkylation sites (tertiary alicyclic amines) is 1. The summed E-state index contributed by atoms with van der Waals surface area (Å²) in [6.07, 6.45) is 7.72. The van der Waals surface area contributed by atoms with Gasteiger partial charge in [-0.15, -0.1) is 0 Å². The number of amides is 2. The number of hydrogen-bond acceptors (Lipinski definition) is 4. The molecular formula is C28H41ClN2O4. The first-order chi connectivity index (χ1) is 16.5. The van der Waals surface area contributed by atoms with Gasteiger partial charge in [0.25, 0.3) is 0 Å². The van der Waals surface area contributed by atoms with Crippen molar-refractivity contribution in [3.8, 4) is 0 Å². The molecule has 1 aromatic carbocycles. The molecule has 2 N–H and O–H groups in total. The summed E-state index contributed by atoms with van der Waals surface area (Å²) in [6.45, 7) is 6.75. The second-order valence-electron chi connectivity index (χ2n) is 11.9. The molecule has 2 saturated carbocycles. The molecule has 2 aliphatic carbocycles. The molecule has 0 spiro atoms. The summed E-state index contributed by atoms with van der Waals surface area (Å²) in [4.78, 5) is 28.0. The van der Waals surface area contributed by atoms with Gasteiger partial charge in [-0.3, -0.25) is 4.79 Å². The van der Waals surface area contributed by atoms with Gasteiger partial charge in [-0.2, -0.15) is 0 Å². The van der Waals surface area contributed by atoms with E-state index < -0.39 is 17.6 Å². The lowest BCUT2D eigenvalue weighted by atomic mass is 9.61. The number of ether oxygens (including phenoxy) is 1. The van der Waals surface area contributed by atoms with E-state index in [9.17, 15) is 14.7 Å². The molecule has 1 saturated heterocycles. The van der Waals surface area contributed by atoms with Crippen molar-refractivity contribution >= 4 is 23.6 Å². The number of aliphatic hydroxyl groups is 1. The van der Waals surface area contributed by atoms with Crippen LogP contribution in [0.2, 0.25) is 5.02 Å². The molecule has 6 nitrogen and oxygen atoms in total. The molecule has 4 rings (SSSR count). The van der Waals surface area contributed by atoms with E-state index in [1.807, 2.05) is 43.9 Å². The van der Waals surface area contributed by atoms with Crippen LogP contribution in [-0.2, 0) is 9.53 Å². The van der Waals surface area contributed by atoms with E-state index in [1.54, 1.807) is 6.07 Å². The van der Waals surface area contributed by atoms with Gasteiger partial charge in [-0.1, -0.05) is 49.4 Å². The van der Waals surface area contributed by atoms with Gasteiger partial charge >= 0.3 is 6.09 Å². The van der Waals surface area contributed by atoms with Crippen LogP contribution in [0.3, 0.4) is 0 Å². The van der Waals surface area contributed by atoms with Crippen LogP contribution in [0.4, 0.5) is 4.79 Å². The maximum absolute atomic E-state index is 14.0. The monoisotopic (exact) mass is 504 g/mol. The Morgan fingerprint density at radius 3 is 2.46 bits per heavy atom. The van der Waals surface area contributed by atoms with Crippen LogP contribution in [0.15, 0.2) is 24.3 Å². The third-order valence-corrected chi connectivity index (χ3v) is 8.34. The average molecular weight is 505 g/mol. The number of benzene rings is 1. The summed E-state index contributed by atoms with van der Waals surface area (Å²) in [5, 5.41) is 15.4. The standard InChI is InChI=1S/C28H41ClN2O4/c1-27(2,3)30-26(33)35-23-12-15-31(16-13-23)25(32)24(20-9-6-10-22(29)17-20)28(34)14-11-19-7-4-5-8-21(19)18-28/h6,9-10,17,19,21,23-24,34H,4-5,7-8,11-16,18H2,1-3H3,(H,30,33). The van der Waals surface area contributed by atoms with Gasteiger partial charge in [0.1, 0.15) is 6.10 Å². The quantitative estimate of drug-likeness (QED) is 0.554. The number of alkyl carbamates (subject to hydrolysis) is 1. The number of carbonyl (C=O) groups is 2. The van der Waals surface area contributed by atoms with Gasteiger partial charge in [-0.05, 0) is 69.6 Å². The summed E-state index contributed by atoms with van der Waals surface area (Å²) in [6, 6.07) is 7.43. The maximum atomic E-state index is 14.0. The molecule has 4 atom stereocenters. The van der Waals surface area contributed by atoms with Gasteiger partial charge < -0.3 is 20.1 Å². The van der Waals surface area contributed by atoms with Crippen LogP contribution >= 0.6 is 11.6 Å². The molecule has 2 amide bonds. The van der Waals surface area contributed by atoms with Crippen LogP contribution in [0.25, 0.3) is 0 Å². The molecule has 3 aliphatic rings. The second-order valence-corrected chi connectivity index (χ2v) is 12.4. The highest BCUT2D eigenvalue weighted by molar-refractivity contribution is 6.30. The highest BCUT2D eigenvalue weighted by atomic mass is 35.5. The molecule has 0 bridgehead atoms. The van der Waals surface area contributed by atoms with E-state index in [-0.39, 0.29) is 17.6 Å². The van der Waals surface area contributed by atoms with Crippen molar-refractivity contribution in [2.75, 3.05) is 13.1 Å². The first-order valence-corrected chi connectivity index (χ1v) is 13.7. The summed E-state index contributed by atoms with van der Waals surface area (Å²) in [5.74, 6) is 0.482. The average Bonchev–Trinajstić information content (AvgIpc) is 2.78. The maximum Gasteiger partial charge on any atom is 0.407 e. The summed E-state index contributed by atoms with van der Waals surface area (Å²) in [7, 11) is 0. The fourth-order valence-corrected chi connectivity index (χ4v) is 6.62. The van der Waals surface area contributed by atoms with Crippen molar-refractivity contribution < 1.29 is 19.4 Å². The Kier molecular flexibility index (Phi) is 8.02. The Bertz CT molecular complexity index is 908. The van der Waals surface area contributed by atoms with E-state index in [2.05, 4.69) is 5.32 Å². The Balaban J connectivity index is 1.47. The topological polar surface area (TPSA) is 78.9 Å². The Hall–Kier alpha value is -1.79. The summed E-state index contributed by atoms with van der Waals surface area (Å²) < 4.78 is 5.60. The van der Waals surface area contributed by atoms with Gasteiger partial charge in [0.2, 0.25) is 5.91 Å². The van der Waals surface area contributed by atoms with E-state index in [4.69, 9.17) is 16.3 Å². The fourth-order valence-electron chi connectivity index (χ4n) is 6.42. The Labute approximate surface area is 214 Å². The van der Waals surface area contributed by atoms with E-state index in [0.717, 1.165) is 18.4 Å². The number of hydrogen-bond donors (Lipinski definition) is 2. The summed E-state index contributed by atoms with van der Waals surface area (Å²) >= 11 is 6.33. The smallest absolute Gasteiger partial charge is 0.407 e. The zero-order valence-electron chi connectivity index (χ0n) is 21.4. The van der Waals surface area contributed by atoms with Crippen LogP contribution in [0.5, 0.6) is 0 Å². The zero-order valence-corrected chi connectivity index (χ0v) is 22.2. The van der Waals surface area contributed by atoms with Crippen molar-refractivity contribution in [2.45, 2.75) is 102 Å². The molecule has 4 unspecified atom stereocenters. The number of nitrogens with one attached hydrogen (secondary N) is 1. The highest BCUT2D eigenvalue weighted by Crippen LogP contribution is 2.50. The normalized spacial score (nSPS) is 28.7. The minimum absolute atomic E-state index is 0.0402. The van der Waals surface area contributed by atoms with Gasteiger partial charge in [0.15, 0.2) is 0 Å². The van der Waals surface area contributed by atoms with Gasteiger partial charge in [-0.25, -0.2) is 4.79 Å². The third kappa shape index (κ3) is 6.51.